The Morgan fingerprint density at radius 2 is 1.68 bits per heavy atom. The smallest absolute Gasteiger partial charge is 0.119 e. The minimum atomic E-state index is -0.677. The molecular weight excluding hydrogens is 386 g/mol. The van der Waals surface area contributed by atoms with E-state index in [2.05, 4.69) is 26.0 Å². The van der Waals surface area contributed by atoms with Gasteiger partial charge in [-0.25, -0.2) is 0 Å². The third-order valence-corrected chi connectivity index (χ3v) is 6.90. The molecular formula is C27H47NO3. The van der Waals surface area contributed by atoms with Crippen molar-refractivity contribution >= 4 is 0 Å². The molecule has 1 aromatic carbocycles. The number of unbranched alkanes of at least 4 members (excludes halogenated alkanes) is 5. The van der Waals surface area contributed by atoms with E-state index < -0.39 is 5.54 Å². The molecule has 3 N–H and O–H groups in total. The van der Waals surface area contributed by atoms with E-state index in [0.717, 1.165) is 36.7 Å². The summed E-state index contributed by atoms with van der Waals surface area (Å²) in [6.07, 6.45) is 14.2. The monoisotopic (exact) mass is 433 g/mol. The standard InChI is InChI=1S/C27H47NO3/c1-22(2)11-8-6-4-5-7-9-18-31-25-16-14-23(15-17-25)19-26(30-3)27(28,21-29)20-24-12-10-13-24/h14-17,22,24,26,29H,4-13,18-21,28H2,1-3H3. The Hall–Kier alpha value is -1.10. The van der Waals surface area contributed by atoms with Crippen LogP contribution in [0.2, 0.25) is 0 Å². The van der Waals surface area contributed by atoms with E-state index in [4.69, 9.17) is 15.2 Å². The van der Waals surface area contributed by atoms with Gasteiger partial charge in [0.2, 0.25) is 0 Å². The van der Waals surface area contributed by atoms with E-state index in [9.17, 15) is 5.11 Å². The molecule has 4 heteroatoms. The number of aliphatic hydroxyl groups is 1. The Morgan fingerprint density at radius 3 is 2.23 bits per heavy atom. The lowest BCUT2D eigenvalue weighted by atomic mass is 9.73. The average Bonchev–Trinajstić information content (AvgIpc) is 2.74. The Balaban J connectivity index is 1.67. The summed E-state index contributed by atoms with van der Waals surface area (Å²) in [4.78, 5) is 0. The second kappa shape index (κ2) is 14.1. The Labute approximate surface area is 190 Å². The van der Waals surface area contributed by atoms with Gasteiger partial charge in [0.05, 0.1) is 24.9 Å². The highest BCUT2D eigenvalue weighted by molar-refractivity contribution is 5.28. The van der Waals surface area contributed by atoms with Crippen LogP contribution >= 0.6 is 0 Å². The molecule has 1 saturated carbocycles. The topological polar surface area (TPSA) is 64.7 Å². The molecule has 2 unspecified atom stereocenters. The summed E-state index contributed by atoms with van der Waals surface area (Å²) < 4.78 is 11.7. The van der Waals surface area contributed by atoms with Gasteiger partial charge in [0, 0.05) is 13.5 Å². The Morgan fingerprint density at radius 1 is 1.03 bits per heavy atom. The van der Waals surface area contributed by atoms with E-state index in [1.165, 1.54) is 57.8 Å². The summed E-state index contributed by atoms with van der Waals surface area (Å²) >= 11 is 0. The molecule has 0 heterocycles. The lowest BCUT2D eigenvalue weighted by Gasteiger charge is -2.40. The van der Waals surface area contributed by atoms with Gasteiger partial charge >= 0.3 is 0 Å². The van der Waals surface area contributed by atoms with Gasteiger partial charge in [-0.3, -0.25) is 0 Å². The van der Waals surface area contributed by atoms with Crippen molar-refractivity contribution in [1.29, 1.82) is 0 Å². The predicted octanol–water partition coefficient (Wildman–Crippen LogP) is 5.89. The molecule has 0 aromatic heterocycles. The zero-order valence-corrected chi connectivity index (χ0v) is 20.3. The molecule has 2 rings (SSSR count). The fourth-order valence-corrected chi connectivity index (χ4v) is 4.54. The Bertz CT molecular complexity index is 585. The fourth-order valence-electron chi connectivity index (χ4n) is 4.54. The zero-order chi connectivity index (χ0) is 22.5. The maximum atomic E-state index is 9.98. The van der Waals surface area contributed by atoms with E-state index in [1.54, 1.807) is 7.11 Å². The van der Waals surface area contributed by atoms with Crippen molar-refractivity contribution in [3.63, 3.8) is 0 Å². The second-order valence-electron chi connectivity index (χ2n) is 10.1. The zero-order valence-electron chi connectivity index (χ0n) is 20.3. The largest absolute Gasteiger partial charge is 0.494 e. The van der Waals surface area contributed by atoms with Crippen molar-refractivity contribution < 1.29 is 14.6 Å². The van der Waals surface area contributed by atoms with Gasteiger partial charge in [-0.2, -0.15) is 0 Å². The lowest BCUT2D eigenvalue weighted by Crippen LogP contribution is -2.57. The molecule has 0 aliphatic heterocycles. The first-order valence-electron chi connectivity index (χ1n) is 12.6. The van der Waals surface area contributed by atoms with Crippen LogP contribution in [0.4, 0.5) is 0 Å². The van der Waals surface area contributed by atoms with E-state index in [1.807, 2.05) is 12.1 Å². The van der Waals surface area contributed by atoms with Crippen molar-refractivity contribution in [2.24, 2.45) is 17.6 Å². The molecule has 4 nitrogen and oxygen atoms in total. The molecule has 1 aliphatic carbocycles. The van der Waals surface area contributed by atoms with E-state index in [0.29, 0.717) is 12.3 Å². The van der Waals surface area contributed by atoms with Crippen LogP contribution in [0, 0.1) is 11.8 Å². The summed E-state index contributed by atoms with van der Waals surface area (Å²) in [6, 6.07) is 8.27. The summed E-state index contributed by atoms with van der Waals surface area (Å²) in [5, 5.41) is 9.98. The van der Waals surface area contributed by atoms with Gasteiger partial charge < -0.3 is 20.3 Å². The summed E-state index contributed by atoms with van der Waals surface area (Å²) in [7, 11) is 1.70. The van der Waals surface area contributed by atoms with Crippen LogP contribution in [0.3, 0.4) is 0 Å². The summed E-state index contributed by atoms with van der Waals surface area (Å²) in [5.41, 5.74) is 7.07. The molecule has 0 saturated heterocycles. The maximum Gasteiger partial charge on any atom is 0.119 e. The third kappa shape index (κ3) is 9.51. The minimum absolute atomic E-state index is 0.0407. The van der Waals surface area contributed by atoms with Crippen LogP contribution in [0.1, 0.15) is 90.0 Å². The molecule has 0 spiro atoms. The molecule has 0 bridgehead atoms. The fraction of sp³-hybridized carbons (Fsp3) is 0.778. The molecule has 1 aliphatic rings. The van der Waals surface area contributed by atoms with Gasteiger partial charge in [-0.15, -0.1) is 0 Å². The van der Waals surface area contributed by atoms with Crippen molar-refractivity contribution in [2.45, 2.75) is 103 Å². The predicted molar refractivity (Wildman–Crippen MR) is 130 cm³/mol. The van der Waals surface area contributed by atoms with Gasteiger partial charge in [-0.05, 0) is 42.4 Å². The molecule has 0 radical (unpaired) electrons. The van der Waals surface area contributed by atoms with Crippen molar-refractivity contribution in [3.8, 4) is 5.75 Å². The van der Waals surface area contributed by atoms with Gasteiger partial charge in [0.15, 0.2) is 0 Å². The first-order chi connectivity index (χ1) is 15.0. The highest BCUT2D eigenvalue weighted by atomic mass is 16.5. The molecule has 1 aromatic rings. The van der Waals surface area contributed by atoms with Crippen molar-refractivity contribution in [1.82, 2.24) is 0 Å². The van der Waals surface area contributed by atoms with E-state index in [-0.39, 0.29) is 12.7 Å². The number of rotatable bonds is 17. The molecule has 2 atom stereocenters. The molecule has 178 valence electrons. The number of ether oxygens (including phenoxy) is 2. The second-order valence-corrected chi connectivity index (χ2v) is 10.1. The van der Waals surface area contributed by atoms with Crippen LogP contribution in [0.5, 0.6) is 5.75 Å². The van der Waals surface area contributed by atoms with Crippen LogP contribution < -0.4 is 10.5 Å². The third-order valence-electron chi connectivity index (χ3n) is 6.90. The Kier molecular flexibility index (Phi) is 11.9. The normalized spacial score (nSPS) is 17.4. The first-order valence-corrected chi connectivity index (χ1v) is 12.6. The highest BCUT2D eigenvalue weighted by Crippen LogP contribution is 2.35. The number of aliphatic hydroxyl groups excluding tert-OH is 1. The number of methoxy groups -OCH3 is 1. The number of nitrogens with two attached hydrogens (primary N) is 1. The van der Waals surface area contributed by atoms with Gasteiger partial charge in [0.25, 0.3) is 0 Å². The summed E-state index contributed by atoms with van der Waals surface area (Å²) in [5.74, 6) is 2.39. The SMILES string of the molecule is COC(Cc1ccc(OCCCCCCCCC(C)C)cc1)C(N)(CO)CC1CCC1. The van der Waals surface area contributed by atoms with Crippen molar-refractivity contribution in [3.05, 3.63) is 29.8 Å². The maximum absolute atomic E-state index is 9.98. The number of hydrogen-bond donors (Lipinski definition) is 2. The molecule has 1 fully saturated rings. The quantitative estimate of drug-likeness (QED) is 0.301. The van der Waals surface area contributed by atoms with E-state index >= 15 is 0 Å². The first kappa shape index (κ1) is 26.2. The van der Waals surface area contributed by atoms with Crippen LogP contribution in [-0.4, -0.2) is 37.1 Å². The summed E-state index contributed by atoms with van der Waals surface area (Å²) in [6.45, 7) is 5.35. The number of hydrogen-bond acceptors (Lipinski definition) is 4. The molecule has 31 heavy (non-hydrogen) atoms. The minimum Gasteiger partial charge on any atom is -0.494 e. The van der Waals surface area contributed by atoms with Crippen LogP contribution in [-0.2, 0) is 11.2 Å². The number of benzene rings is 1. The highest BCUT2D eigenvalue weighted by Gasteiger charge is 2.38. The average molecular weight is 434 g/mol. The molecule has 0 amide bonds. The van der Waals surface area contributed by atoms with Gasteiger partial charge in [-0.1, -0.05) is 83.8 Å². The van der Waals surface area contributed by atoms with Crippen LogP contribution in [0.15, 0.2) is 24.3 Å². The lowest BCUT2D eigenvalue weighted by molar-refractivity contribution is -0.00997. The van der Waals surface area contributed by atoms with Crippen LogP contribution in [0.25, 0.3) is 0 Å². The van der Waals surface area contributed by atoms with Crippen molar-refractivity contribution in [2.75, 3.05) is 20.3 Å². The van der Waals surface area contributed by atoms with Gasteiger partial charge in [0.1, 0.15) is 5.75 Å².